The SMILES string of the molecule is CC(C)c1ccccc1Nc1ccc2c(c1)C(=O)c1c(O)ccc(O)c1C2=O. The van der Waals surface area contributed by atoms with Crippen molar-refractivity contribution in [3.05, 3.63) is 82.4 Å². The maximum absolute atomic E-state index is 13.0. The van der Waals surface area contributed by atoms with E-state index in [0.717, 1.165) is 11.3 Å². The summed E-state index contributed by atoms with van der Waals surface area (Å²) in [6, 6.07) is 15.2. The second-order valence-corrected chi connectivity index (χ2v) is 7.14. The van der Waals surface area contributed by atoms with Gasteiger partial charge in [-0.15, -0.1) is 0 Å². The number of hydrogen-bond acceptors (Lipinski definition) is 5. The summed E-state index contributed by atoms with van der Waals surface area (Å²) in [6.07, 6.45) is 0. The highest BCUT2D eigenvalue weighted by atomic mass is 16.3. The first-order valence-electron chi connectivity index (χ1n) is 9.02. The van der Waals surface area contributed by atoms with E-state index in [4.69, 9.17) is 0 Å². The van der Waals surface area contributed by atoms with Gasteiger partial charge in [0.1, 0.15) is 11.5 Å². The minimum Gasteiger partial charge on any atom is -0.507 e. The highest BCUT2D eigenvalue weighted by molar-refractivity contribution is 6.30. The third kappa shape index (κ3) is 2.72. The van der Waals surface area contributed by atoms with Crippen LogP contribution < -0.4 is 5.32 Å². The molecule has 5 heteroatoms. The van der Waals surface area contributed by atoms with Crippen molar-refractivity contribution in [2.24, 2.45) is 0 Å². The molecule has 28 heavy (non-hydrogen) atoms. The second-order valence-electron chi connectivity index (χ2n) is 7.14. The number of rotatable bonds is 3. The zero-order valence-electron chi connectivity index (χ0n) is 15.5. The molecule has 1 aliphatic rings. The van der Waals surface area contributed by atoms with Crippen LogP contribution in [-0.2, 0) is 0 Å². The summed E-state index contributed by atoms with van der Waals surface area (Å²) >= 11 is 0. The van der Waals surface area contributed by atoms with Gasteiger partial charge < -0.3 is 15.5 Å². The number of ketones is 2. The quantitative estimate of drug-likeness (QED) is 0.452. The van der Waals surface area contributed by atoms with Gasteiger partial charge in [0, 0.05) is 22.5 Å². The fourth-order valence-corrected chi connectivity index (χ4v) is 3.59. The van der Waals surface area contributed by atoms with Crippen LogP contribution in [0.3, 0.4) is 0 Å². The Morgan fingerprint density at radius 2 is 1.39 bits per heavy atom. The number of benzene rings is 3. The molecule has 0 aliphatic heterocycles. The van der Waals surface area contributed by atoms with Crippen LogP contribution in [0.4, 0.5) is 11.4 Å². The topological polar surface area (TPSA) is 86.6 Å². The standard InChI is InChI=1S/C23H19NO4/c1-12(2)14-5-3-4-6-17(14)24-13-7-8-15-16(11-13)23(28)21-19(26)10-9-18(25)20(21)22(15)27/h3-12,24-26H,1-2H3. The van der Waals surface area contributed by atoms with Gasteiger partial charge in [-0.25, -0.2) is 0 Å². The molecule has 0 radical (unpaired) electrons. The van der Waals surface area contributed by atoms with Gasteiger partial charge in [-0.2, -0.15) is 0 Å². The van der Waals surface area contributed by atoms with Crippen molar-refractivity contribution in [2.45, 2.75) is 19.8 Å². The Labute approximate surface area is 162 Å². The molecule has 1 aliphatic carbocycles. The van der Waals surface area contributed by atoms with Crippen molar-refractivity contribution >= 4 is 22.9 Å². The third-order valence-electron chi connectivity index (χ3n) is 4.99. The molecule has 0 saturated heterocycles. The Morgan fingerprint density at radius 1 is 0.786 bits per heavy atom. The van der Waals surface area contributed by atoms with E-state index in [-0.39, 0.29) is 33.8 Å². The Morgan fingerprint density at radius 3 is 2.04 bits per heavy atom. The van der Waals surface area contributed by atoms with E-state index in [1.54, 1.807) is 18.2 Å². The number of aromatic hydroxyl groups is 2. The smallest absolute Gasteiger partial charge is 0.198 e. The molecule has 3 aromatic carbocycles. The summed E-state index contributed by atoms with van der Waals surface area (Å²) in [7, 11) is 0. The monoisotopic (exact) mass is 373 g/mol. The third-order valence-corrected chi connectivity index (χ3v) is 4.99. The average Bonchev–Trinajstić information content (AvgIpc) is 2.68. The number of hydrogen-bond donors (Lipinski definition) is 3. The molecule has 0 spiro atoms. The minimum absolute atomic E-state index is 0.150. The maximum Gasteiger partial charge on any atom is 0.198 e. The summed E-state index contributed by atoms with van der Waals surface area (Å²) in [4.78, 5) is 25.8. The van der Waals surface area contributed by atoms with Crippen molar-refractivity contribution < 1.29 is 19.8 Å². The summed E-state index contributed by atoms with van der Waals surface area (Å²) < 4.78 is 0. The maximum atomic E-state index is 13.0. The molecule has 4 rings (SSSR count). The van der Waals surface area contributed by atoms with Crippen LogP contribution in [0.2, 0.25) is 0 Å². The van der Waals surface area contributed by atoms with Crippen molar-refractivity contribution in [2.75, 3.05) is 5.32 Å². The predicted molar refractivity (Wildman–Crippen MR) is 107 cm³/mol. The van der Waals surface area contributed by atoms with Gasteiger partial charge >= 0.3 is 0 Å². The van der Waals surface area contributed by atoms with Crippen LogP contribution in [0.15, 0.2) is 54.6 Å². The summed E-state index contributed by atoms with van der Waals surface area (Å²) in [5.41, 5.74) is 2.83. The minimum atomic E-state index is -0.487. The first kappa shape index (κ1) is 17.8. The van der Waals surface area contributed by atoms with E-state index in [1.807, 2.05) is 24.3 Å². The number of phenols is 2. The molecule has 0 bridgehead atoms. The van der Waals surface area contributed by atoms with Gasteiger partial charge in [-0.3, -0.25) is 9.59 Å². The fraction of sp³-hybridized carbons (Fsp3) is 0.130. The first-order valence-corrected chi connectivity index (χ1v) is 9.02. The zero-order chi connectivity index (χ0) is 20.0. The zero-order valence-corrected chi connectivity index (χ0v) is 15.5. The Kier molecular flexibility index (Phi) is 4.15. The van der Waals surface area contributed by atoms with Crippen LogP contribution >= 0.6 is 0 Å². The molecule has 0 aromatic heterocycles. The number of anilines is 2. The number of carbonyl (C=O) groups excluding carboxylic acids is 2. The average molecular weight is 373 g/mol. The lowest BCUT2D eigenvalue weighted by molar-refractivity contribution is 0.0974. The van der Waals surface area contributed by atoms with Gasteiger partial charge in [0.15, 0.2) is 11.6 Å². The summed E-state index contributed by atoms with van der Waals surface area (Å²) in [6.45, 7) is 4.20. The van der Waals surface area contributed by atoms with E-state index < -0.39 is 11.6 Å². The van der Waals surface area contributed by atoms with Crippen LogP contribution in [0.25, 0.3) is 0 Å². The lowest BCUT2D eigenvalue weighted by atomic mass is 9.83. The normalized spacial score (nSPS) is 12.7. The van der Waals surface area contributed by atoms with E-state index >= 15 is 0 Å². The number of carbonyl (C=O) groups is 2. The molecular weight excluding hydrogens is 354 g/mol. The molecule has 5 nitrogen and oxygen atoms in total. The first-order chi connectivity index (χ1) is 13.4. The molecule has 0 amide bonds. The highest BCUT2D eigenvalue weighted by Crippen LogP contribution is 2.38. The number of nitrogens with one attached hydrogen (secondary N) is 1. The molecule has 140 valence electrons. The van der Waals surface area contributed by atoms with Gasteiger partial charge in [-0.1, -0.05) is 32.0 Å². The van der Waals surface area contributed by atoms with Gasteiger partial charge in [0.05, 0.1) is 11.1 Å². The molecule has 0 unspecified atom stereocenters. The largest absolute Gasteiger partial charge is 0.507 e. The van der Waals surface area contributed by atoms with Crippen molar-refractivity contribution in [3.8, 4) is 11.5 Å². The fourth-order valence-electron chi connectivity index (χ4n) is 3.59. The van der Waals surface area contributed by atoms with E-state index in [0.29, 0.717) is 11.6 Å². The van der Waals surface area contributed by atoms with Crippen LogP contribution in [0.1, 0.15) is 57.2 Å². The second kappa shape index (κ2) is 6.53. The number of para-hydroxylation sites is 1. The predicted octanol–water partition coefficient (Wildman–Crippen LogP) is 4.74. The van der Waals surface area contributed by atoms with Gasteiger partial charge in [0.25, 0.3) is 0 Å². The number of fused-ring (bicyclic) bond motifs is 2. The molecule has 0 atom stereocenters. The molecular formula is C23H19NO4. The van der Waals surface area contributed by atoms with Crippen molar-refractivity contribution in [1.29, 1.82) is 0 Å². The highest BCUT2D eigenvalue weighted by Gasteiger charge is 2.34. The van der Waals surface area contributed by atoms with Crippen LogP contribution in [0.5, 0.6) is 11.5 Å². The lowest BCUT2D eigenvalue weighted by Gasteiger charge is -2.21. The Balaban J connectivity index is 1.79. The van der Waals surface area contributed by atoms with E-state index in [2.05, 4.69) is 19.2 Å². The molecule has 0 saturated carbocycles. The summed E-state index contributed by atoms with van der Waals surface area (Å²) in [5, 5.41) is 23.4. The van der Waals surface area contributed by atoms with E-state index in [1.165, 1.54) is 12.1 Å². The molecule has 3 aromatic rings. The Bertz CT molecular complexity index is 1130. The van der Waals surface area contributed by atoms with Crippen LogP contribution in [0, 0.1) is 0 Å². The van der Waals surface area contributed by atoms with Crippen LogP contribution in [-0.4, -0.2) is 21.8 Å². The van der Waals surface area contributed by atoms with Gasteiger partial charge in [0.2, 0.25) is 0 Å². The van der Waals surface area contributed by atoms with Crippen molar-refractivity contribution in [1.82, 2.24) is 0 Å². The lowest BCUT2D eigenvalue weighted by Crippen LogP contribution is -2.21. The van der Waals surface area contributed by atoms with Crippen molar-refractivity contribution in [3.63, 3.8) is 0 Å². The molecule has 0 fully saturated rings. The molecule has 0 heterocycles. The van der Waals surface area contributed by atoms with Gasteiger partial charge in [-0.05, 0) is 47.9 Å². The molecule has 3 N–H and O–H groups in total. The summed E-state index contributed by atoms with van der Waals surface area (Å²) in [5.74, 6) is -1.28. The van der Waals surface area contributed by atoms with E-state index in [9.17, 15) is 19.8 Å². The number of phenolic OH excluding ortho intramolecular Hbond substituents is 2. The Hall–Kier alpha value is -3.60.